The first-order chi connectivity index (χ1) is 4.33. The maximum absolute atomic E-state index is 4.96. The minimum atomic E-state index is 0.278. The Hall–Kier alpha value is -0.680. The zero-order chi connectivity index (χ0) is 6.69. The summed E-state index contributed by atoms with van der Waals surface area (Å²) < 4.78 is 4.96. The molecule has 9 heavy (non-hydrogen) atoms. The van der Waals surface area contributed by atoms with Crippen LogP contribution in [-0.4, -0.2) is 31.1 Å². The molecule has 0 aliphatic carbocycles. The lowest BCUT2D eigenvalue weighted by Gasteiger charge is -2.06. The summed E-state index contributed by atoms with van der Waals surface area (Å²) in [5.74, 6) is 0. The van der Waals surface area contributed by atoms with E-state index in [1.54, 1.807) is 0 Å². The highest BCUT2D eigenvalue weighted by molar-refractivity contribution is 4.79. The van der Waals surface area contributed by atoms with Gasteiger partial charge in [-0.1, -0.05) is 6.42 Å². The summed E-state index contributed by atoms with van der Waals surface area (Å²) in [4.78, 5) is 2.21. The number of hydrogen-bond donors (Lipinski definition) is 0. The lowest BCUT2D eigenvalue weighted by Crippen LogP contribution is -2.17. The number of likely N-dealkylation sites (tertiary alicyclic amines) is 1. The molecule has 0 radical (unpaired) electrons. The van der Waals surface area contributed by atoms with Gasteiger partial charge in [-0.3, -0.25) is 0 Å². The van der Waals surface area contributed by atoms with E-state index in [0.29, 0.717) is 0 Å². The molecule has 0 N–H and O–H groups in total. The summed E-state index contributed by atoms with van der Waals surface area (Å²) in [6.45, 7) is 2.08. The SMILES string of the molecule is C#COC1CCN(C)C1. The first kappa shape index (κ1) is 6.44. The molecule has 0 spiro atoms. The van der Waals surface area contributed by atoms with Crippen molar-refractivity contribution in [3.63, 3.8) is 0 Å². The van der Waals surface area contributed by atoms with E-state index in [4.69, 9.17) is 11.2 Å². The highest BCUT2D eigenvalue weighted by Crippen LogP contribution is 2.08. The molecule has 1 aliphatic heterocycles. The predicted octanol–water partition coefficient (Wildman–Crippen LogP) is 0.298. The molecule has 0 aromatic heterocycles. The Kier molecular flexibility index (Phi) is 1.96. The summed E-state index contributed by atoms with van der Waals surface area (Å²) in [7, 11) is 2.07. The van der Waals surface area contributed by atoms with Crippen LogP contribution in [0.1, 0.15) is 6.42 Å². The van der Waals surface area contributed by atoms with Crippen molar-refractivity contribution < 1.29 is 4.74 Å². The summed E-state index contributed by atoms with van der Waals surface area (Å²) in [5, 5.41) is 0. The summed E-state index contributed by atoms with van der Waals surface area (Å²) >= 11 is 0. The van der Waals surface area contributed by atoms with Crippen LogP contribution >= 0.6 is 0 Å². The van der Waals surface area contributed by atoms with Gasteiger partial charge in [0.15, 0.2) is 0 Å². The molecule has 1 atom stereocenters. The number of hydrogen-bond acceptors (Lipinski definition) is 2. The van der Waals surface area contributed by atoms with Crippen LogP contribution in [0.2, 0.25) is 0 Å². The fourth-order valence-electron chi connectivity index (χ4n) is 1.09. The van der Waals surface area contributed by atoms with E-state index in [1.165, 1.54) is 0 Å². The zero-order valence-corrected chi connectivity index (χ0v) is 5.63. The molecule has 1 saturated heterocycles. The second kappa shape index (κ2) is 2.75. The van der Waals surface area contributed by atoms with Crippen molar-refractivity contribution >= 4 is 0 Å². The number of terminal acetylenes is 1. The number of ether oxygens (including phenoxy) is 1. The van der Waals surface area contributed by atoms with Gasteiger partial charge in [0.25, 0.3) is 0 Å². The van der Waals surface area contributed by atoms with E-state index in [9.17, 15) is 0 Å². The minimum Gasteiger partial charge on any atom is -0.442 e. The van der Waals surface area contributed by atoms with E-state index < -0.39 is 0 Å². The average molecular weight is 125 g/mol. The lowest BCUT2D eigenvalue weighted by atomic mass is 10.3. The topological polar surface area (TPSA) is 12.5 Å². The fourth-order valence-corrected chi connectivity index (χ4v) is 1.09. The van der Waals surface area contributed by atoms with Gasteiger partial charge in [-0.05, 0) is 13.5 Å². The van der Waals surface area contributed by atoms with Crippen molar-refractivity contribution in [3.8, 4) is 12.5 Å². The molecule has 1 fully saturated rings. The number of nitrogens with zero attached hydrogens (tertiary/aromatic N) is 1. The van der Waals surface area contributed by atoms with Gasteiger partial charge in [0.05, 0.1) is 0 Å². The van der Waals surface area contributed by atoms with Gasteiger partial charge < -0.3 is 9.64 Å². The van der Waals surface area contributed by atoms with Crippen molar-refractivity contribution in [1.29, 1.82) is 0 Å². The molecule has 1 rings (SSSR count). The third-order valence-electron chi connectivity index (χ3n) is 1.58. The second-order valence-corrected chi connectivity index (χ2v) is 2.41. The molecule has 0 aromatic rings. The van der Waals surface area contributed by atoms with Crippen LogP contribution in [0.15, 0.2) is 0 Å². The molecule has 0 saturated carbocycles. The van der Waals surface area contributed by atoms with Gasteiger partial charge in [0.2, 0.25) is 0 Å². The third-order valence-corrected chi connectivity index (χ3v) is 1.58. The minimum absolute atomic E-state index is 0.278. The second-order valence-electron chi connectivity index (χ2n) is 2.41. The standard InChI is InChI=1S/C7H11NO/c1-3-9-7-4-5-8(2)6-7/h1,7H,4-6H2,2H3. The molecule has 0 aromatic carbocycles. The van der Waals surface area contributed by atoms with Crippen LogP contribution in [0.3, 0.4) is 0 Å². The van der Waals surface area contributed by atoms with Gasteiger partial charge in [-0.25, -0.2) is 0 Å². The van der Waals surface area contributed by atoms with Crippen LogP contribution in [0, 0.1) is 12.5 Å². The molecule has 50 valence electrons. The van der Waals surface area contributed by atoms with Crippen molar-refractivity contribution in [2.45, 2.75) is 12.5 Å². The van der Waals surface area contributed by atoms with Crippen molar-refractivity contribution in [1.82, 2.24) is 4.90 Å². The van der Waals surface area contributed by atoms with Crippen LogP contribution in [0.4, 0.5) is 0 Å². The Morgan fingerprint density at radius 3 is 3.00 bits per heavy atom. The zero-order valence-electron chi connectivity index (χ0n) is 5.63. The lowest BCUT2D eigenvalue weighted by molar-refractivity contribution is 0.174. The smallest absolute Gasteiger partial charge is 0.124 e. The van der Waals surface area contributed by atoms with Crippen LogP contribution in [0.5, 0.6) is 0 Å². The number of likely N-dealkylation sites (N-methyl/N-ethyl adjacent to an activating group) is 1. The van der Waals surface area contributed by atoms with Gasteiger partial charge >= 0.3 is 0 Å². The molecular weight excluding hydrogens is 114 g/mol. The maximum Gasteiger partial charge on any atom is 0.124 e. The van der Waals surface area contributed by atoms with Crippen molar-refractivity contribution in [2.75, 3.05) is 20.1 Å². The molecule has 2 heteroatoms. The quantitative estimate of drug-likeness (QED) is 0.467. The Morgan fingerprint density at radius 1 is 1.78 bits per heavy atom. The highest BCUT2D eigenvalue weighted by Gasteiger charge is 2.19. The van der Waals surface area contributed by atoms with Crippen LogP contribution in [-0.2, 0) is 4.74 Å². The largest absolute Gasteiger partial charge is 0.442 e. The maximum atomic E-state index is 4.96. The van der Waals surface area contributed by atoms with E-state index >= 15 is 0 Å². The van der Waals surface area contributed by atoms with Crippen LogP contribution < -0.4 is 0 Å². The van der Waals surface area contributed by atoms with Gasteiger partial charge in [-0.2, -0.15) is 0 Å². The number of rotatable bonds is 1. The van der Waals surface area contributed by atoms with E-state index in [1.807, 2.05) is 0 Å². The summed E-state index contributed by atoms with van der Waals surface area (Å²) in [6.07, 6.45) is 8.51. The summed E-state index contributed by atoms with van der Waals surface area (Å²) in [5.41, 5.74) is 0. The molecule has 0 bridgehead atoms. The molecule has 0 amide bonds. The highest BCUT2D eigenvalue weighted by atomic mass is 16.5. The van der Waals surface area contributed by atoms with Gasteiger partial charge in [0.1, 0.15) is 12.2 Å². The fraction of sp³-hybridized carbons (Fsp3) is 0.714. The summed E-state index contributed by atoms with van der Waals surface area (Å²) in [6, 6.07) is 0. The van der Waals surface area contributed by atoms with Crippen molar-refractivity contribution in [2.24, 2.45) is 0 Å². The van der Waals surface area contributed by atoms with E-state index in [-0.39, 0.29) is 6.10 Å². The molecule has 1 heterocycles. The van der Waals surface area contributed by atoms with Crippen molar-refractivity contribution in [3.05, 3.63) is 0 Å². The third kappa shape index (κ3) is 1.62. The first-order valence-corrected chi connectivity index (χ1v) is 3.12. The predicted molar refractivity (Wildman–Crippen MR) is 35.8 cm³/mol. The Labute approximate surface area is 55.8 Å². The van der Waals surface area contributed by atoms with E-state index in [2.05, 4.69) is 18.1 Å². The Balaban J connectivity index is 2.24. The van der Waals surface area contributed by atoms with E-state index in [0.717, 1.165) is 19.5 Å². The Morgan fingerprint density at radius 2 is 2.56 bits per heavy atom. The molecular formula is C7H11NO. The van der Waals surface area contributed by atoms with Gasteiger partial charge in [-0.15, -0.1) is 0 Å². The monoisotopic (exact) mass is 125 g/mol. The average Bonchev–Trinajstić information content (AvgIpc) is 2.17. The first-order valence-electron chi connectivity index (χ1n) is 3.12. The van der Waals surface area contributed by atoms with Gasteiger partial charge in [0, 0.05) is 13.1 Å². The molecule has 2 nitrogen and oxygen atoms in total. The molecule has 1 aliphatic rings. The normalized spacial score (nSPS) is 27.8. The molecule has 1 unspecified atom stereocenters. The van der Waals surface area contributed by atoms with Crippen LogP contribution in [0.25, 0.3) is 0 Å². The Bertz CT molecular complexity index is 127.